The highest BCUT2D eigenvalue weighted by molar-refractivity contribution is 5.99. The van der Waals surface area contributed by atoms with E-state index in [0.29, 0.717) is 17.3 Å². The van der Waals surface area contributed by atoms with E-state index < -0.39 is 6.03 Å². The van der Waals surface area contributed by atoms with Crippen LogP contribution in [0.4, 0.5) is 38.0 Å². The molecule has 0 aliphatic rings. The number of carbonyl (C=O) groups is 1. The minimum absolute atomic E-state index is 0.357. The molecule has 144 valence electrons. The average Bonchev–Trinajstić information content (AvgIpc) is 2.65. The van der Waals surface area contributed by atoms with Gasteiger partial charge in [-0.15, -0.1) is 0 Å². The molecule has 2 aromatic carbocycles. The number of aryl methyl sites for hydroxylation is 1. The second kappa shape index (κ2) is 8.34. The molecule has 3 aromatic rings. The number of halogens is 1. The Hall–Kier alpha value is -3.68. The van der Waals surface area contributed by atoms with Crippen LogP contribution in [-0.4, -0.2) is 30.1 Å². The first-order valence-electron chi connectivity index (χ1n) is 8.63. The number of benzene rings is 2. The van der Waals surface area contributed by atoms with Gasteiger partial charge in [-0.2, -0.15) is 4.98 Å². The standard InChI is InChI=1S/C20H21FN6O/c1-13-12-18(27(2)3)26-19(22-13)23-15-8-10-17(11-9-15)25-20(28)24-16-6-4-14(21)5-7-16/h4-12H,1-3H3,(H,22,23,26)(H2,24,25,28). The van der Waals surface area contributed by atoms with Gasteiger partial charge in [-0.25, -0.2) is 14.2 Å². The second-order valence-electron chi connectivity index (χ2n) is 6.37. The van der Waals surface area contributed by atoms with Crippen molar-refractivity contribution in [1.29, 1.82) is 0 Å². The summed E-state index contributed by atoms with van der Waals surface area (Å²) in [6.07, 6.45) is 0. The predicted molar refractivity (Wildman–Crippen MR) is 110 cm³/mol. The highest BCUT2D eigenvalue weighted by Crippen LogP contribution is 2.19. The molecule has 0 saturated heterocycles. The van der Waals surface area contributed by atoms with Crippen molar-refractivity contribution in [1.82, 2.24) is 9.97 Å². The van der Waals surface area contributed by atoms with Gasteiger partial charge in [-0.3, -0.25) is 0 Å². The smallest absolute Gasteiger partial charge is 0.323 e. The van der Waals surface area contributed by atoms with Crippen molar-refractivity contribution in [2.75, 3.05) is 34.9 Å². The number of nitrogens with zero attached hydrogens (tertiary/aromatic N) is 3. The van der Waals surface area contributed by atoms with Crippen LogP contribution in [0.2, 0.25) is 0 Å². The SMILES string of the molecule is Cc1cc(N(C)C)nc(Nc2ccc(NC(=O)Nc3ccc(F)cc3)cc2)n1. The quantitative estimate of drug-likeness (QED) is 0.612. The molecule has 3 rings (SSSR count). The topological polar surface area (TPSA) is 82.2 Å². The Morgan fingerprint density at radius 1 is 0.893 bits per heavy atom. The molecule has 1 aromatic heterocycles. The Morgan fingerprint density at radius 2 is 1.43 bits per heavy atom. The Balaban J connectivity index is 1.62. The lowest BCUT2D eigenvalue weighted by atomic mass is 10.3. The van der Waals surface area contributed by atoms with Crippen molar-refractivity contribution in [3.63, 3.8) is 0 Å². The number of aromatic nitrogens is 2. The third-order valence-electron chi connectivity index (χ3n) is 3.80. The minimum atomic E-state index is -0.412. The maximum atomic E-state index is 12.9. The molecule has 8 heteroatoms. The van der Waals surface area contributed by atoms with E-state index in [1.54, 1.807) is 12.1 Å². The van der Waals surface area contributed by atoms with E-state index in [2.05, 4.69) is 25.9 Å². The Kier molecular flexibility index (Phi) is 5.69. The summed E-state index contributed by atoms with van der Waals surface area (Å²) in [5, 5.41) is 8.51. The normalized spacial score (nSPS) is 10.3. The molecular formula is C20H21FN6O. The van der Waals surface area contributed by atoms with Crippen LogP contribution in [0.1, 0.15) is 5.69 Å². The molecule has 0 unspecified atom stereocenters. The van der Waals surface area contributed by atoms with Gasteiger partial charge in [0.1, 0.15) is 11.6 Å². The largest absolute Gasteiger partial charge is 0.363 e. The fourth-order valence-electron chi connectivity index (χ4n) is 2.43. The summed E-state index contributed by atoms with van der Waals surface area (Å²) in [7, 11) is 3.84. The van der Waals surface area contributed by atoms with Crippen LogP contribution in [0, 0.1) is 12.7 Å². The highest BCUT2D eigenvalue weighted by Gasteiger charge is 2.06. The second-order valence-corrected chi connectivity index (χ2v) is 6.37. The Morgan fingerprint density at radius 3 is 2.00 bits per heavy atom. The van der Waals surface area contributed by atoms with Gasteiger partial charge in [-0.05, 0) is 55.5 Å². The third-order valence-corrected chi connectivity index (χ3v) is 3.80. The summed E-state index contributed by atoms with van der Waals surface area (Å²) >= 11 is 0. The van der Waals surface area contributed by atoms with Crippen molar-refractivity contribution < 1.29 is 9.18 Å². The number of urea groups is 1. The molecule has 2 amide bonds. The fourth-order valence-corrected chi connectivity index (χ4v) is 2.43. The fraction of sp³-hybridized carbons (Fsp3) is 0.150. The van der Waals surface area contributed by atoms with Gasteiger partial charge in [-0.1, -0.05) is 0 Å². The molecule has 0 aliphatic heterocycles. The number of hydrogen-bond donors (Lipinski definition) is 3. The zero-order valence-corrected chi connectivity index (χ0v) is 15.8. The number of rotatable bonds is 5. The number of hydrogen-bond acceptors (Lipinski definition) is 5. The molecular weight excluding hydrogens is 359 g/mol. The summed E-state index contributed by atoms with van der Waals surface area (Å²) in [5.74, 6) is 0.952. The van der Waals surface area contributed by atoms with E-state index in [1.165, 1.54) is 24.3 Å². The lowest BCUT2D eigenvalue weighted by Crippen LogP contribution is -2.19. The van der Waals surface area contributed by atoms with E-state index in [4.69, 9.17) is 0 Å². The van der Waals surface area contributed by atoms with Crippen molar-refractivity contribution in [2.45, 2.75) is 6.92 Å². The van der Waals surface area contributed by atoms with Gasteiger partial charge in [0, 0.05) is 42.9 Å². The molecule has 1 heterocycles. The van der Waals surface area contributed by atoms with Crippen LogP contribution in [0.15, 0.2) is 54.6 Å². The zero-order valence-electron chi connectivity index (χ0n) is 15.8. The van der Waals surface area contributed by atoms with Gasteiger partial charge < -0.3 is 20.9 Å². The summed E-state index contributed by atoms with van der Waals surface area (Å²) in [5.41, 5.74) is 2.77. The molecule has 7 nitrogen and oxygen atoms in total. The minimum Gasteiger partial charge on any atom is -0.363 e. The predicted octanol–water partition coefficient (Wildman–Crippen LogP) is 4.38. The molecule has 0 bridgehead atoms. The van der Waals surface area contributed by atoms with E-state index in [-0.39, 0.29) is 5.82 Å². The van der Waals surface area contributed by atoms with Gasteiger partial charge in [0.25, 0.3) is 0 Å². The van der Waals surface area contributed by atoms with Crippen LogP contribution >= 0.6 is 0 Å². The maximum Gasteiger partial charge on any atom is 0.323 e. The van der Waals surface area contributed by atoms with Crippen molar-refractivity contribution in [3.8, 4) is 0 Å². The summed E-state index contributed by atoms with van der Waals surface area (Å²) in [6, 6.07) is 14.2. The molecule has 0 saturated carbocycles. The van der Waals surface area contributed by atoms with Crippen molar-refractivity contribution in [3.05, 3.63) is 66.1 Å². The molecule has 0 spiro atoms. The van der Waals surface area contributed by atoms with E-state index in [1.807, 2.05) is 44.1 Å². The molecule has 0 atom stereocenters. The van der Waals surface area contributed by atoms with Gasteiger partial charge in [0.15, 0.2) is 0 Å². The highest BCUT2D eigenvalue weighted by atomic mass is 19.1. The Bertz CT molecular complexity index is 957. The third kappa shape index (κ3) is 5.16. The van der Waals surface area contributed by atoms with Crippen molar-refractivity contribution in [2.24, 2.45) is 0 Å². The van der Waals surface area contributed by atoms with Crippen LogP contribution in [0.5, 0.6) is 0 Å². The maximum absolute atomic E-state index is 12.9. The van der Waals surface area contributed by atoms with E-state index in [0.717, 1.165) is 17.2 Å². The van der Waals surface area contributed by atoms with Crippen LogP contribution in [0.25, 0.3) is 0 Å². The lowest BCUT2D eigenvalue weighted by Gasteiger charge is -2.14. The first-order chi connectivity index (χ1) is 13.4. The van der Waals surface area contributed by atoms with Gasteiger partial charge in [0.05, 0.1) is 0 Å². The molecule has 3 N–H and O–H groups in total. The van der Waals surface area contributed by atoms with Crippen LogP contribution < -0.4 is 20.9 Å². The first kappa shape index (κ1) is 19.1. The number of carbonyl (C=O) groups excluding carboxylic acids is 1. The molecule has 0 fully saturated rings. The molecule has 0 radical (unpaired) electrons. The summed E-state index contributed by atoms with van der Waals surface area (Å²) < 4.78 is 12.9. The van der Waals surface area contributed by atoms with Gasteiger partial charge >= 0.3 is 6.03 Å². The number of amides is 2. The lowest BCUT2D eigenvalue weighted by molar-refractivity contribution is 0.262. The number of anilines is 5. The van der Waals surface area contributed by atoms with Gasteiger partial charge in [0.2, 0.25) is 5.95 Å². The zero-order chi connectivity index (χ0) is 20.1. The Labute approximate surface area is 162 Å². The average molecular weight is 380 g/mol. The number of nitrogens with one attached hydrogen (secondary N) is 3. The van der Waals surface area contributed by atoms with Crippen LogP contribution in [-0.2, 0) is 0 Å². The van der Waals surface area contributed by atoms with Crippen molar-refractivity contribution >= 4 is 34.9 Å². The van der Waals surface area contributed by atoms with E-state index >= 15 is 0 Å². The summed E-state index contributed by atoms with van der Waals surface area (Å²) in [4.78, 5) is 22.8. The molecule has 28 heavy (non-hydrogen) atoms. The first-order valence-corrected chi connectivity index (χ1v) is 8.63. The monoisotopic (exact) mass is 380 g/mol. The summed E-state index contributed by atoms with van der Waals surface area (Å²) in [6.45, 7) is 1.91. The molecule has 0 aliphatic carbocycles. The van der Waals surface area contributed by atoms with E-state index in [9.17, 15) is 9.18 Å². The van der Waals surface area contributed by atoms with Crippen LogP contribution in [0.3, 0.4) is 0 Å².